The fraction of sp³-hybridized carbons (Fsp3) is 0.333. The number of hydrogen-bond donors (Lipinski definition) is 1. The number of hydrogen-bond acceptors (Lipinski definition) is 5. The van der Waals surface area contributed by atoms with E-state index in [1.54, 1.807) is 6.92 Å². The number of rotatable bonds is 3. The minimum atomic E-state index is -0.411. The van der Waals surface area contributed by atoms with Gasteiger partial charge < -0.3 is 14.8 Å². The third kappa shape index (κ3) is 2.82. The zero-order valence-electron chi connectivity index (χ0n) is 11.8. The summed E-state index contributed by atoms with van der Waals surface area (Å²) in [5, 5.41) is 2.96. The summed E-state index contributed by atoms with van der Waals surface area (Å²) in [6, 6.07) is 9.59. The number of methoxy groups -OCH3 is 1. The van der Waals surface area contributed by atoms with Crippen molar-refractivity contribution in [3.63, 3.8) is 0 Å². The number of carbonyl (C=O) groups is 1. The van der Waals surface area contributed by atoms with Crippen LogP contribution in [0.15, 0.2) is 46.6 Å². The monoisotopic (exact) mass is 274 g/mol. The molecule has 2 rings (SSSR count). The number of ether oxygens (including phenoxy) is 2. The van der Waals surface area contributed by atoms with Crippen molar-refractivity contribution >= 4 is 12.0 Å². The van der Waals surface area contributed by atoms with Crippen LogP contribution in [0.5, 0.6) is 0 Å². The van der Waals surface area contributed by atoms with Gasteiger partial charge >= 0.3 is 5.97 Å². The Morgan fingerprint density at radius 3 is 2.65 bits per heavy atom. The predicted octanol–water partition coefficient (Wildman–Crippen LogP) is 2.17. The second-order valence-electron chi connectivity index (χ2n) is 4.34. The van der Waals surface area contributed by atoms with Crippen LogP contribution in [0.4, 0.5) is 0 Å². The van der Waals surface area contributed by atoms with Gasteiger partial charge in [0.1, 0.15) is 6.04 Å². The van der Waals surface area contributed by atoms with E-state index >= 15 is 0 Å². The molecule has 1 aliphatic heterocycles. The second-order valence-corrected chi connectivity index (χ2v) is 4.34. The van der Waals surface area contributed by atoms with Crippen molar-refractivity contribution in [3.8, 4) is 0 Å². The lowest BCUT2D eigenvalue weighted by Gasteiger charge is -2.24. The molecule has 5 heteroatoms. The molecule has 0 saturated heterocycles. The first-order valence-electron chi connectivity index (χ1n) is 6.49. The highest BCUT2D eigenvalue weighted by molar-refractivity contribution is 5.94. The molecule has 1 N–H and O–H groups in total. The molecule has 1 aliphatic rings. The number of aliphatic imine (C=N–C) groups is 1. The van der Waals surface area contributed by atoms with E-state index in [4.69, 9.17) is 9.47 Å². The second kappa shape index (κ2) is 6.23. The fourth-order valence-corrected chi connectivity index (χ4v) is 2.10. The zero-order valence-corrected chi connectivity index (χ0v) is 11.8. The van der Waals surface area contributed by atoms with Crippen LogP contribution in [0.1, 0.15) is 25.5 Å². The summed E-state index contributed by atoms with van der Waals surface area (Å²) >= 11 is 0. The van der Waals surface area contributed by atoms with Crippen LogP contribution in [0.2, 0.25) is 0 Å². The number of nitrogens with one attached hydrogen (secondary N) is 1. The molecule has 0 amide bonds. The van der Waals surface area contributed by atoms with Crippen molar-refractivity contribution in [2.45, 2.75) is 19.9 Å². The van der Waals surface area contributed by atoms with Crippen molar-refractivity contribution in [1.29, 1.82) is 0 Å². The molecule has 5 nitrogen and oxygen atoms in total. The van der Waals surface area contributed by atoms with Gasteiger partial charge in [-0.2, -0.15) is 0 Å². The van der Waals surface area contributed by atoms with Crippen LogP contribution in [0, 0.1) is 0 Å². The Morgan fingerprint density at radius 2 is 2.05 bits per heavy atom. The average Bonchev–Trinajstić information content (AvgIpc) is 2.47. The van der Waals surface area contributed by atoms with Crippen molar-refractivity contribution < 1.29 is 14.3 Å². The van der Waals surface area contributed by atoms with Gasteiger partial charge in [0, 0.05) is 5.70 Å². The third-order valence-corrected chi connectivity index (χ3v) is 3.02. The molecular formula is C15H18N2O3. The lowest BCUT2D eigenvalue weighted by molar-refractivity contribution is -0.138. The number of allylic oxidation sites excluding steroid dienone is 1. The van der Waals surface area contributed by atoms with Crippen molar-refractivity contribution in [3.05, 3.63) is 47.2 Å². The first kappa shape index (κ1) is 14.1. The number of amidine groups is 1. The number of nitrogens with zero attached hydrogens (tertiary/aromatic N) is 1. The largest absolute Gasteiger partial charge is 0.468 e. The Kier molecular flexibility index (Phi) is 4.40. The standard InChI is InChI=1S/C15H18N2O3/c1-4-20-14(18)12-10(2)16-15(19-3)17-13(12)11-8-6-5-7-9-11/h5-9,13H,4H2,1-3H3,(H,16,17). The lowest BCUT2D eigenvalue weighted by Crippen LogP contribution is -2.33. The Bertz CT molecular complexity index is 549. The van der Waals surface area contributed by atoms with Crippen LogP contribution in [0.3, 0.4) is 0 Å². The van der Waals surface area contributed by atoms with Gasteiger partial charge in [0.25, 0.3) is 6.02 Å². The van der Waals surface area contributed by atoms with E-state index in [0.29, 0.717) is 23.9 Å². The molecule has 0 radical (unpaired) electrons. The summed E-state index contributed by atoms with van der Waals surface area (Å²) in [5.41, 5.74) is 2.13. The van der Waals surface area contributed by atoms with Crippen LogP contribution in [-0.4, -0.2) is 25.7 Å². The molecule has 1 heterocycles. The molecule has 0 bridgehead atoms. The topological polar surface area (TPSA) is 59.9 Å². The van der Waals surface area contributed by atoms with Gasteiger partial charge in [0.15, 0.2) is 0 Å². The molecule has 0 fully saturated rings. The van der Waals surface area contributed by atoms with Crippen molar-refractivity contribution in [1.82, 2.24) is 5.32 Å². The van der Waals surface area contributed by atoms with Gasteiger partial charge in [-0.1, -0.05) is 30.3 Å². The summed E-state index contributed by atoms with van der Waals surface area (Å²) in [4.78, 5) is 16.6. The molecule has 1 aromatic carbocycles. The van der Waals surface area contributed by atoms with Gasteiger partial charge in [-0.25, -0.2) is 9.79 Å². The van der Waals surface area contributed by atoms with Gasteiger partial charge in [0.05, 0.1) is 19.3 Å². The first-order valence-corrected chi connectivity index (χ1v) is 6.49. The van der Waals surface area contributed by atoms with Crippen molar-refractivity contribution in [2.24, 2.45) is 4.99 Å². The molecule has 1 aromatic rings. The average molecular weight is 274 g/mol. The summed E-state index contributed by atoms with van der Waals surface area (Å²) < 4.78 is 10.3. The van der Waals surface area contributed by atoms with E-state index in [2.05, 4.69) is 10.3 Å². The molecule has 1 unspecified atom stereocenters. The van der Waals surface area contributed by atoms with Gasteiger partial charge in [0.2, 0.25) is 0 Å². The maximum absolute atomic E-state index is 12.2. The smallest absolute Gasteiger partial charge is 0.338 e. The molecule has 0 aromatic heterocycles. The molecular weight excluding hydrogens is 256 g/mol. The molecule has 0 spiro atoms. The Hall–Kier alpha value is -2.30. The summed E-state index contributed by atoms with van der Waals surface area (Å²) in [5.74, 6) is -0.356. The van der Waals surface area contributed by atoms with Gasteiger partial charge in [-0.15, -0.1) is 0 Å². The molecule has 0 aliphatic carbocycles. The van der Waals surface area contributed by atoms with E-state index < -0.39 is 6.04 Å². The van der Waals surface area contributed by atoms with Crippen LogP contribution >= 0.6 is 0 Å². The van der Waals surface area contributed by atoms with E-state index in [1.807, 2.05) is 37.3 Å². The number of esters is 1. The number of benzene rings is 1. The maximum atomic E-state index is 12.2. The summed E-state index contributed by atoms with van der Waals surface area (Å²) in [7, 11) is 1.54. The Morgan fingerprint density at radius 1 is 1.35 bits per heavy atom. The summed E-state index contributed by atoms with van der Waals surface area (Å²) in [6.07, 6.45) is 0. The van der Waals surface area contributed by atoms with Crippen LogP contribution < -0.4 is 5.32 Å². The molecule has 20 heavy (non-hydrogen) atoms. The van der Waals surface area contributed by atoms with E-state index in [-0.39, 0.29) is 5.97 Å². The summed E-state index contributed by atoms with van der Waals surface area (Å²) in [6.45, 7) is 3.93. The highest BCUT2D eigenvalue weighted by Crippen LogP contribution is 2.31. The maximum Gasteiger partial charge on any atom is 0.338 e. The predicted molar refractivity (Wildman–Crippen MR) is 76.1 cm³/mol. The van der Waals surface area contributed by atoms with E-state index in [0.717, 1.165) is 5.56 Å². The minimum Gasteiger partial charge on any atom is -0.468 e. The SMILES string of the molecule is CCOC(=O)C1=C(C)NC(OC)=NC1c1ccccc1. The highest BCUT2D eigenvalue weighted by Gasteiger charge is 2.30. The highest BCUT2D eigenvalue weighted by atomic mass is 16.5. The van der Waals surface area contributed by atoms with E-state index in [9.17, 15) is 4.79 Å². The lowest BCUT2D eigenvalue weighted by atomic mass is 9.96. The van der Waals surface area contributed by atoms with Crippen LogP contribution in [0.25, 0.3) is 0 Å². The first-order chi connectivity index (χ1) is 9.67. The molecule has 0 saturated carbocycles. The number of carbonyl (C=O) groups excluding carboxylic acids is 1. The minimum absolute atomic E-state index is 0.331. The molecule has 1 atom stereocenters. The van der Waals surface area contributed by atoms with Gasteiger partial charge in [-0.3, -0.25) is 0 Å². The zero-order chi connectivity index (χ0) is 14.5. The van der Waals surface area contributed by atoms with Crippen molar-refractivity contribution in [2.75, 3.05) is 13.7 Å². The van der Waals surface area contributed by atoms with Crippen LogP contribution in [-0.2, 0) is 14.3 Å². The third-order valence-electron chi connectivity index (χ3n) is 3.02. The Labute approximate surface area is 118 Å². The Balaban J connectivity index is 2.43. The van der Waals surface area contributed by atoms with E-state index in [1.165, 1.54) is 7.11 Å². The van der Waals surface area contributed by atoms with Gasteiger partial charge in [-0.05, 0) is 19.4 Å². The molecule has 106 valence electrons. The normalized spacial score (nSPS) is 18.1. The fourth-order valence-electron chi connectivity index (χ4n) is 2.10. The quantitative estimate of drug-likeness (QED) is 0.858.